The lowest BCUT2D eigenvalue weighted by Gasteiger charge is -2.38. The highest BCUT2D eigenvalue weighted by molar-refractivity contribution is 6.00. The number of nitrogen functional groups attached to an aromatic ring is 1. The van der Waals surface area contributed by atoms with Crippen molar-refractivity contribution in [3.63, 3.8) is 0 Å². The van der Waals surface area contributed by atoms with Crippen molar-refractivity contribution in [2.24, 2.45) is 0 Å². The number of benzene rings is 1. The summed E-state index contributed by atoms with van der Waals surface area (Å²) in [5, 5.41) is 10.9. The number of hydrogen-bond acceptors (Lipinski definition) is 8. The van der Waals surface area contributed by atoms with Gasteiger partial charge in [0.25, 0.3) is 5.91 Å². The summed E-state index contributed by atoms with van der Waals surface area (Å²) in [7, 11) is 0. The van der Waals surface area contributed by atoms with Gasteiger partial charge in [0.05, 0.1) is 23.1 Å². The number of rotatable bonds is 5. The molecule has 2 saturated heterocycles. The average molecular weight is 552 g/mol. The van der Waals surface area contributed by atoms with Crippen LogP contribution < -0.4 is 5.73 Å². The molecule has 2 fully saturated rings. The summed E-state index contributed by atoms with van der Waals surface area (Å²) in [5.41, 5.74) is 10.4. The molecular formula is C29H26FN9O2. The standard InChI is InChI=1S/C29H26FN9O2/c1-15(40)24-25(17-10-18-7-8-19(11-17)38(18)29(41)27-33-14-34-37-27)36-28-21(13-35-39(28)26(24)31)16-6-9-23(32-12-16)20-4-2-3-5-22(20)30/h2-6,9,12-14,17-19H,7-8,10-11,31H2,1H3,(H,33,34,37)/t17?,18-,19?/m0/s1. The Balaban J connectivity index is 1.26. The number of fused-ring (bicyclic) bond motifs is 3. The number of halogens is 1. The van der Waals surface area contributed by atoms with Gasteiger partial charge in [0.1, 0.15) is 18.0 Å². The maximum Gasteiger partial charge on any atom is 0.291 e. The molecule has 3 N–H and O–H groups in total. The first-order chi connectivity index (χ1) is 19.9. The number of amides is 1. The second kappa shape index (κ2) is 9.58. The Bertz CT molecular complexity index is 1790. The fourth-order valence-corrected chi connectivity index (χ4v) is 6.44. The van der Waals surface area contributed by atoms with Gasteiger partial charge in [0.2, 0.25) is 5.82 Å². The Labute approximate surface area is 233 Å². The molecule has 4 aromatic heterocycles. The Hall–Kier alpha value is -5.00. The highest BCUT2D eigenvalue weighted by Crippen LogP contribution is 2.45. The van der Waals surface area contributed by atoms with Gasteiger partial charge in [-0.1, -0.05) is 18.2 Å². The van der Waals surface area contributed by atoms with Crippen molar-refractivity contribution in [1.82, 2.24) is 39.7 Å². The number of pyridine rings is 1. The molecule has 41 heavy (non-hydrogen) atoms. The van der Waals surface area contributed by atoms with E-state index in [1.807, 2.05) is 11.0 Å². The van der Waals surface area contributed by atoms with Gasteiger partial charge in [-0.3, -0.25) is 19.7 Å². The van der Waals surface area contributed by atoms with E-state index in [0.717, 1.165) is 18.4 Å². The average Bonchev–Trinajstić information content (AvgIpc) is 3.71. The lowest BCUT2D eigenvalue weighted by Crippen LogP contribution is -2.46. The third-order valence-corrected chi connectivity index (χ3v) is 8.26. The minimum Gasteiger partial charge on any atom is -0.383 e. The predicted octanol–water partition coefficient (Wildman–Crippen LogP) is 4.05. The number of H-pyrrole nitrogens is 1. The second-order valence-electron chi connectivity index (χ2n) is 10.6. The van der Waals surface area contributed by atoms with Crippen molar-refractivity contribution in [2.45, 2.75) is 50.6 Å². The van der Waals surface area contributed by atoms with Crippen LogP contribution in [0, 0.1) is 5.82 Å². The van der Waals surface area contributed by atoms with E-state index < -0.39 is 0 Å². The molecule has 0 aliphatic carbocycles. The van der Waals surface area contributed by atoms with E-state index in [4.69, 9.17) is 10.7 Å². The number of piperidine rings is 1. The highest BCUT2D eigenvalue weighted by atomic mass is 19.1. The quantitative estimate of drug-likeness (QED) is 0.311. The molecule has 1 amide bonds. The van der Waals surface area contributed by atoms with Gasteiger partial charge >= 0.3 is 0 Å². The van der Waals surface area contributed by atoms with Gasteiger partial charge in [0.15, 0.2) is 11.4 Å². The first-order valence-electron chi connectivity index (χ1n) is 13.5. The number of anilines is 1. The number of nitrogens with two attached hydrogens (primary N) is 1. The molecule has 206 valence electrons. The summed E-state index contributed by atoms with van der Waals surface area (Å²) in [6, 6.07) is 10.1. The topological polar surface area (TPSA) is 148 Å². The van der Waals surface area contributed by atoms with Crippen molar-refractivity contribution < 1.29 is 14.0 Å². The fourth-order valence-electron chi connectivity index (χ4n) is 6.44. The zero-order valence-electron chi connectivity index (χ0n) is 22.2. The van der Waals surface area contributed by atoms with Crippen molar-refractivity contribution >= 4 is 23.2 Å². The van der Waals surface area contributed by atoms with Crippen LogP contribution in [-0.4, -0.2) is 63.4 Å². The molecule has 5 aromatic rings. The number of aromatic amines is 1. The van der Waals surface area contributed by atoms with Gasteiger partial charge in [-0.05, 0) is 50.8 Å². The van der Waals surface area contributed by atoms with E-state index in [9.17, 15) is 14.0 Å². The maximum atomic E-state index is 14.3. The number of hydrogen-bond donors (Lipinski definition) is 2. The molecule has 3 atom stereocenters. The van der Waals surface area contributed by atoms with Gasteiger partial charge in [0, 0.05) is 40.9 Å². The van der Waals surface area contributed by atoms with E-state index in [1.54, 1.807) is 36.7 Å². The molecule has 0 radical (unpaired) electrons. The number of Topliss-reactive ketones (excluding diaryl/α,β-unsaturated/α-hetero) is 1. The number of carbonyl (C=O) groups is 2. The molecule has 0 spiro atoms. The smallest absolute Gasteiger partial charge is 0.291 e. The van der Waals surface area contributed by atoms with Gasteiger partial charge in [-0.2, -0.15) is 14.7 Å². The number of ketones is 1. The van der Waals surface area contributed by atoms with E-state index in [1.165, 1.54) is 23.8 Å². The molecule has 12 heteroatoms. The zero-order valence-corrected chi connectivity index (χ0v) is 22.2. The number of nitrogens with zero attached hydrogens (tertiary/aromatic N) is 7. The Kier molecular flexibility index (Phi) is 5.84. The molecule has 6 heterocycles. The molecule has 2 bridgehead atoms. The first kappa shape index (κ1) is 25.0. The second-order valence-corrected chi connectivity index (χ2v) is 10.6. The lowest BCUT2D eigenvalue weighted by molar-refractivity contribution is 0.0556. The molecule has 11 nitrogen and oxygen atoms in total. The monoisotopic (exact) mass is 551 g/mol. The van der Waals surface area contributed by atoms with Gasteiger partial charge < -0.3 is 10.6 Å². The third-order valence-electron chi connectivity index (χ3n) is 8.26. The number of carbonyl (C=O) groups excluding carboxylic acids is 2. The van der Waals surface area contributed by atoms with E-state index >= 15 is 0 Å². The molecule has 2 aliphatic rings. The number of aromatic nitrogens is 7. The van der Waals surface area contributed by atoms with Crippen LogP contribution in [0.4, 0.5) is 10.2 Å². The molecule has 2 unspecified atom stereocenters. The van der Waals surface area contributed by atoms with Crippen LogP contribution in [0.5, 0.6) is 0 Å². The minimum absolute atomic E-state index is 0.00471. The summed E-state index contributed by atoms with van der Waals surface area (Å²) in [4.78, 5) is 41.4. The Morgan fingerprint density at radius 2 is 1.80 bits per heavy atom. The van der Waals surface area contributed by atoms with E-state index in [2.05, 4.69) is 25.3 Å². The molecule has 1 aromatic carbocycles. The van der Waals surface area contributed by atoms with Crippen molar-refractivity contribution in [3.05, 3.63) is 78.0 Å². The summed E-state index contributed by atoms with van der Waals surface area (Å²) in [6.07, 6.45) is 7.67. The largest absolute Gasteiger partial charge is 0.383 e. The minimum atomic E-state index is -0.345. The van der Waals surface area contributed by atoms with Crippen molar-refractivity contribution in [1.29, 1.82) is 0 Å². The normalized spacial score (nSPS) is 20.0. The van der Waals surface area contributed by atoms with Crippen LogP contribution in [0.2, 0.25) is 0 Å². The van der Waals surface area contributed by atoms with E-state index in [-0.39, 0.29) is 47.2 Å². The molecule has 7 rings (SSSR count). The summed E-state index contributed by atoms with van der Waals surface area (Å²) >= 11 is 0. The molecule has 0 saturated carbocycles. The van der Waals surface area contributed by atoms with Gasteiger partial charge in [-0.15, -0.1) is 0 Å². The number of nitrogens with one attached hydrogen (secondary N) is 1. The molecule has 2 aliphatic heterocycles. The lowest BCUT2D eigenvalue weighted by atomic mass is 9.85. The van der Waals surface area contributed by atoms with Crippen molar-refractivity contribution in [2.75, 3.05) is 5.73 Å². The van der Waals surface area contributed by atoms with E-state index in [0.29, 0.717) is 46.6 Å². The predicted molar refractivity (Wildman–Crippen MR) is 147 cm³/mol. The highest BCUT2D eigenvalue weighted by Gasteiger charge is 2.45. The van der Waals surface area contributed by atoms with Crippen LogP contribution in [0.25, 0.3) is 28.0 Å². The third kappa shape index (κ3) is 4.05. The van der Waals surface area contributed by atoms with Crippen LogP contribution in [0.15, 0.2) is 55.1 Å². The van der Waals surface area contributed by atoms with Crippen LogP contribution in [-0.2, 0) is 0 Å². The zero-order chi connectivity index (χ0) is 28.2. The Morgan fingerprint density at radius 3 is 2.46 bits per heavy atom. The van der Waals surface area contributed by atoms with Crippen molar-refractivity contribution in [3.8, 4) is 22.4 Å². The Morgan fingerprint density at radius 1 is 1.02 bits per heavy atom. The summed E-state index contributed by atoms with van der Waals surface area (Å²) < 4.78 is 15.8. The van der Waals surface area contributed by atoms with Crippen LogP contribution >= 0.6 is 0 Å². The summed E-state index contributed by atoms with van der Waals surface area (Å²) in [6.45, 7) is 1.48. The fraction of sp³-hybridized carbons (Fsp3) is 0.276. The SMILES string of the molecule is CC(=O)c1c(C2CC3CC[C@@H](C2)N3C(=O)c2ncn[nH]2)nc2c(-c3ccc(-c4ccccc4F)nc3)cnn2c1N. The van der Waals surface area contributed by atoms with Crippen LogP contribution in [0.1, 0.15) is 65.2 Å². The molecular weight excluding hydrogens is 525 g/mol. The maximum absolute atomic E-state index is 14.3. The van der Waals surface area contributed by atoms with Crippen LogP contribution in [0.3, 0.4) is 0 Å². The first-order valence-corrected chi connectivity index (χ1v) is 13.5. The van der Waals surface area contributed by atoms with Gasteiger partial charge in [-0.25, -0.2) is 14.4 Å². The summed E-state index contributed by atoms with van der Waals surface area (Å²) in [5.74, 6) is -0.303.